The van der Waals surface area contributed by atoms with E-state index in [9.17, 15) is 25.1 Å². The highest BCUT2D eigenvalue weighted by atomic mass is 79.9. The zero-order chi connectivity index (χ0) is 25.6. The molecule has 1 aromatic carbocycles. The molecule has 2 bridgehead atoms. The van der Waals surface area contributed by atoms with Gasteiger partial charge < -0.3 is 24.7 Å². The number of piperidine rings is 1. The first-order valence-electron chi connectivity index (χ1n) is 11.9. The molecule has 1 amide bonds. The fraction of sp³-hybridized carbons (Fsp3) is 0.480. The lowest BCUT2D eigenvalue weighted by atomic mass is 9.48. The molecule has 9 nitrogen and oxygen atoms in total. The first-order chi connectivity index (χ1) is 17.1. The lowest BCUT2D eigenvalue weighted by Gasteiger charge is -2.64. The van der Waals surface area contributed by atoms with Crippen molar-refractivity contribution in [2.24, 2.45) is 0 Å². The standard InChI is InChI=1S/C25H26BrN3O6S/c1-27-8-7-24-21-15-10-19(27)25(24,32)6-5-16(23(24)35-22(21)18(30)11-17(15)29(33)34)28(2)20(31)4-3-14-9-13(26)12-36-14/h3-4,9,11-12,16,19,23,30,32H,5-8,10H2,1-2H3/b4-3+/t16?,19-,23?,24+,25-/m1/s1. The molecule has 6 rings (SSSR count). The number of nitro groups is 1. The Labute approximate surface area is 220 Å². The SMILES string of the molecule is CN(C(=O)/C=C/c1cc(Br)cs1)C1CC[C@@]2(O)[C@H]3Cc4c([N+](=O)[O-])cc(O)c5c4[C@@]2(CCN3C)C1O5. The van der Waals surface area contributed by atoms with Crippen LogP contribution >= 0.6 is 27.3 Å². The summed E-state index contributed by atoms with van der Waals surface area (Å²) in [5.74, 6) is -0.268. The Morgan fingerprint density at radius 3 is 2.89 bits per heavy atom. The van der Waals surface area contributed by atoms with Gasteiger partial charge in [0.05, 0.1) is 28.0 Å². The highest BCUT2D eigenvalue weighted by Crippen LogP contribution is 2.66. The van der Waals surface area contributed by atoms with Crippen molar-refractivity contribution in [3.63, 3.8) is 0 Å². The van der Waals surface area contributed by atoms with Crippen LogP contribution in [0.4, 0.5) is 5.69 Å². The molecule has 36 heavy (non-hydrogen) atoms. The van der Waals surface area contributed by atoms with Crippen LogP contribution in [0.5, 0.6) is 11.5 Å². The van der Waals surface area contributed by atoms with Crippen LogP contribution in [0.3, 0.4) is 0 Å². The summed E-state index contributed by atoms with van der Waals surface area (Å²) in [7, 11) is 3.67. The molecule has 1 saturated heterocycles. The van der Waals surface area contributed by atoms with Gasteiger partial charge in [-0.15, -0.1) is 11.3 Å². The quantitative estimate of drug-likeness (QED) is 0.326. The van der Waals surface area contributed by atoms with Gasteiger partial charge in [-0.25, -0.2) is 0 Å². The minimum Gasteiger partial charge on any atom is -0.504 e. The molecule has 11 heteroatoms. The molecular weight excluding hydrogens is 550 g/mol. The van der Waals surface area contributed by atoms with Crippen LogP contribution in [-0.4, -0.2) is 75.3 Å². The number of hydrogen-bond donors (Lipinski definition) is 2. The molecule has 2 unspecified atom stereocenters. The van der Waals surface area contributed by atoms with Gasteiger partial charge in [0.1, 0.15) is 6.10 Å². The fourth-order valence-electron chi connectivity index (χ4n) is 7.20. The number of likely N-dealkylation sites (N-methyl/N-ethyl adjacent to an activating group) is 2. The average molecular weight is 576 g/mol. The van der Waals surface area contributed by atoms with Gasteiger partial charge in [-0.05, 0) is 67.3 Å². The number of hydrogen-bond acceptors (Lipinski definition) is 8. The molecule has 3 heterocycles. The smallest absolute Gasteiger partial charge is 0.276 e. The monoisotopic (exact) mass is 575 g/mol. The number of benzene rings is 1. The van der Waals surface area contributed by atoms with Crippen LogP contribution in [0.25, 0.3) is 6.08 Å². The van der Waals surface area contributed by atoms with Gasteiger partial charge >= 0.3 is 0 Å². The Kier molecular flexibility index (Phi) is 5.32. The van der Waals surface area contributed by atoms with Crippen molar-refractivity contribution >= 4 is 44.9 Å². The van der Waals surface area contributed by atoms with Crippen LogP contribution < -0.4 is 4.74 Å². The van der Waals surface area contributed by atoms with Crippen LogP contribution in [0.15, 0.2) is 28.1 Å². The molecule has 2 N–H and O–H groups in total. The number of carbonyl (C=O) groups is 1. The normalized spacial score (nSPS) is 32.3. The van der Waals surface area contributed by atoms with Crippen molar-refractivity contribution in [3.05, 3.63) is 54.2 Å². The second-order valence-corrected chi connectivity index (χ2v) is 12.2. The third-order valence-electron chi connectivity index (χ3n) is 8.82. The summed E-state index contributed by atoms with van der Waals surface area (Å²) in [5, 5.41) is 37.0. The Hall–Kier alpha value is -2.47. The predicted octanol–water partition coefficient (Wildman–Crippen LogP) is 3.45. The Bertz CT molecular complexity index is 1330. The molecule has 2 fully saturated rings. The van der Waals surface area contributed by atoms with Crippen LogP contribution in [0, 0.1) is 10.1 Å². The zero-order valence-electron chi connectivity index (χ0n) is 19.8. The van der Waals surface area contributed by atoms with Gasteiger partial charge in [-0.2, -0.15) is 0 Å². The molecule has 1 saturated carbocycles. The zero-order valence-corrected chi connectivity index (χ0v) is 22.2. The highest BCUT2D eigenvalue weighted by Gasteiger charge is 2.73. The van der Waals surface area contributed by atoms with Crippen molar-refractivity contribution < 1.29 is 24.7 Å². The summed E-state index contributed by atoms with van der Waals surface area (Å²) in [4.78, 5) is 29.4. The van der Waals surface area contributed by atoms with Gasteiger partial charge in [0.15, 0.2) is 11.5 Å². The Balaban J connectivity index is 1.44. The molecule has 2 aromatic rings. The number of thiophene rings is 1. The second kappa shape index (κ2) is 8.01. The molecule has 4 aliphatic rings. The number of carbonyl (C=O) groups excluding carboxylic acids is 1. The fourth-order valence-corrected chi connectivity index (χ4v) is 8.54. The molecule has 2 aliphatic carbocycles. The number of aromatic hydroxyl groups is 1. The number of aliphatic hydroxyl groups is 1. The lowest BCUT2D eigenvalue weighted by molar-refractivity contribution is -0.386. The first-order valence-corrected chi connectivity index (χ1v) is 13.6. The van der Waals surface area contributed by atoms with Gasteiger partial charge in [0, 0.05) is 45.0 Å². The maximum Gasteiger partial charge on any atom is 0.276 e. The van der Waals surface area contributed by atoms with Crippen LogP contribution in [0.2, 0.25) is 0 Å². The maximum absolute atomic E-state index is 13.2. The molecule has 1 aromatic heterocycles. The number of ether oxygens (including phenoxy) is 1. The van der Waals surface area contributed by atoms with E-state index in [1.165, 1.54) is 17.4 Å². The van der Waals surface area contributed by atoms with E-state index < -0.39 is 22.0 Å². The van der Waals surface area contributed by atoms with E-state index in [0.717, 1.165) is 15.4 Å². The molecule has 190 valence electrons. The van der Waals surface area contributed by atoms with Crippen molar-refractivity contribution in [3.8, 4) is 11.5 Å². The highest BCUT2D eigenvalue weighted by molar-refractivity contribution is 9.10. The van der Waals surface area contributed by atoms with Crippen molar-refractivity contribution in [2.75, 3.05) is 20.6 Å². The second-order valence-electron chi connectivity index (χ2n) is 10.3. The third-order valence-corrected chi connectivity index (χ3v) is 10.5. The number of nitrogens with zero attached hydrogens (tertiary/aromatic N) is 3. The van der Waals surface area contributed by atoms with E-state index in [-0.39, 0.29) is 35.2 Å². The predicted molar refractivity (Wildman–Crippen MR) is 137 cm³/mol. The van der Waals surface area contributed by atoms with E-state index in [2.05, 4.69) is 20.8 Å². The van der Waals surface area contributed by atoms with Gasteiger partial charge in [0.25, 0.3) is 5.69 Å². The van der Waals surface area contributed by atoms with Gasteiger partial charge in [-0.1, -0.05) is 0 Å². The number of rotatable bonds is 4. The summed E-state index contributed by atoms with van der Waals surface area (Å²) >= 11 is 4.94. The van der Waals surface area contributed by atoms with Gasteiger partial charge in [-0.3, -0.25) is 14.9 Å². The summed E-state index contributed by atoms with van der Waals surface area (Å²) in [6.07, 6.45) is 4.43. The van der Waals surface area contributed by atoms with Crippen molar-refractivity contribution in [2.45, 2.75) is 54.9 Å². The molecular formula is C25H26BrN3O6S. The summed E-state index contributed by atoms with van der Waals surface area (Å²) in [5.41, 5.74) is -1.20. The van der Waals surface area contributed by atoms with E-state index >= 15 is 0 Å². The van der Waals surface area contributed by atoms with E-state index in [4.69, 9.17) is 4.74 Å². The Morgan fingerprint density at radius 2 is 2.19 bits per heavy atom. The van der Waals surface area contributed by atoms with Crippen molar-refractivity contribution in [1.82, 2.24) is 9.80 Å². The third kappa shape index (κ3) is 3.03. The topological polar surface area (TPSA) is 116 Å². The lowest BCUT2D eigenvalue weighted by Crippen LogP contribution is -2.77. The molecule has 2 aliphatic heterocycles. The first kappa shape index (κ1) is 23.9. The number of phenolic OH excluding ortho intramolecular Hbond substituents is 1. The number of phenols is 1. The molecule has 0 radical (unpaired) electrons. The Morgan fingerprint density at radius 1 is 1.42 bits per heavy atom. The number of likely N-dealkylation sites (tertiary alicyclic amines) is 1. The maximum atomic E-state index is 13.2. The molecule has 5 atom stereocenters. The largest absolute Gasteiger partial charge is 0.504 e. The summed E-state index contributed by atoms with van der Waals surface area (Å²) in [6, 6.07) is 2.40. The van der Waals surface area contributed by atoms with Gasteiger partial charge in [0.2, 0.25) is 5.91 Å². The number of halogens is 1. The summed E-state index contributed by atoms with van der Waals surface area (Å²) < 4.78 is 7.37. The van der Waals surface area contributed by atoms with Crippen LogP contribution in [-0.2, 0) is 16.6 Å². The van der Waals surface area contributed by atoms with Crippen LogP contribution in [0.1, 0.15) is 35.3 Å². The van der Waals surface area contributed by atoms with E-state index in [1.54, 1.807) is 18.0 Å². The van der Waals surface area contributed by atoms with E-state index in [1.807, 2.05) is 18.5 Å². The number of amides is 1. The summed E-state index contributed by atoms with van der Waals surface area (Å²) in [6.45, 7) is 0.673. The van der Waals surface area contributed by atoms with Crippen molar-refractivity contribution in [1.29, 1.82) is 0 Å². The minimum absolute atomic E-state index is 0.145. The van der Waals surface area contributed by atoms with E-state index in [0.29, 0.717) is 43.4 Å². The average Bonchev–Trinajstić information content (AvgIpc) is 3.41. The number of nitro benzene ring substituents is 1. The minimum atomic E-state index is -1.19. The molecule has 1 spiro atoms.